The first kappa shape index (κ1) is 17.9. The van der Waals surface area contributed by atoms with E-state index in [-0.39, 0.29) is 18.4 Å². The number of piperidine rings is 1. The predicted octanol–water partition coefficient (Wildman–Crippen LogP) is 2.62. The summed E-state index contributed by atoms with van der Waals surface area (Å²) in [5.41, 5.74) is 2.19. The summed E-state index contributed by atoms with van der Waals surface area (Å²) in [5, 5.41) is 2.66. The van der Waals surface area contributed by atoms with E-state index in [0.717, 1.165) is 31.5 Å². The minimum atomic E-state index is -0.277. The van der Waals surface area contributed by atoms with Gasteiger partial charge in [-0.2, -0.15) is 0 Å². The number of hydrogen-bond donors (Lipinski definition) is 1. The molecule has 1 aromatic carbocycles. The fourth-order valence-corrected chi connectivity index (χ4v) is 3.17. The highest BCUT2D eigenvalue weighted by atomic mass is 16.2. The molecule has 0 bridgehead atoms. The van der Waals surface area contributed by atoms with Gasteiger partial charge in [-0.25, -0.2) is 0 Å². The third-order valence-electron chi connectivity index (χ3n) is 4.64. The highest BCUT2D eigenvalue weighted by molar-refractivity contribution is 5.94. The van der Waals surface area contributed by atoms with Gasteiger partial charge in [-0.1, -0.05) is 36.4 Å². The Hall–Kier alpha value is -2.95. The standard InChI is InChI=1S/C21H23N3O2/c25-20(9-8-17-5-4-12-22-15-17)23-16-21(26)24-13-10-19(11-14-24)18-6-2-1-3-7-18/h1-9,12,15,19H,10-11,13-14,16H2,(H,23,25)/b9-8+. The first-order chi connectivity index (χ1) is 12.7. The number of benzene rings is 1. The van der Waals surface area contributed by atoms with Crippen molar-refractivity contribution in [2.45, 2.75) is 18.8 Å². The lowest BCUT2D eigenvalue weighted by molar-refractivity contribution is -0.133. The Morgan fingerprint density at radius 1 is 1.12 bits per heavy atom. The molecule has 0 unspecified atom stereocenters. The van der Waals surface area contributed by atoms with Gasteiger partial charge in [-0.3, -0.25) is 14.6 Å². The summed E-state index contributed by atoms with van der Waals surface area (Å²) in [7, 11) is 0. The Balaban J connectivity index is 1.42. The Morgan fingerprint density at radius 3 is 2.58 bits per heavy atom. The van der Waals surface area contributed by atoms with Crippen molar-refractivity contribution in [1.29, 1.82) is 0 Å². The van der Waals surface area contributed by atoms with Crippen LogP contribution >= 0.6 is 0 Å². The number of hydrogen-bond acceptors (Lipinski definition) is 3. The Morgan fingerprint density at radius 2 is 1.88 bits per heavy atom. The maximum absolute atomic E-state index is 12.3. The van der Waals surface area contributed by atoms with E-state index < -0.39 is 0 Å². The molecule has 0 radical (unpaired) electrons. The molecule has 1 saturated heterocycles. The largest absolute Gasteiger partial charge is 0.343 e. The van der Waals surface area contributed by atoms with Crippen molar-refractivity contribution < 1.29 is 9.59 Å². The van der Waals surface area contributed by atoms with Crippen molar-refractivity contribution in [3.05, 3.63) is 72.1 Å². The summed E-state index contributed by atoms with van der Waals surface area (Å²) in [5.74, 6) is 0.207. The number of likely N-dealkylation sites (tertiary alicyclic amines) is 1. The number of rotatable bonds is 5. The van der Waals surface area contributed by atoms with Crippen molar-refractivity contribution in [2.75, 3.05) is 19.6 Å². The zero-order valence-corrected chi connectivity index (χ0v) is 14.7. The van der Waals surface area contributed by atoms with Crippen molar-refractivity contribution in [3.63, 3.8) is 0 Å². The summed E-state index contributed by atoms with van der Waals surface area (Å²) in [6.45, 7) is 1.51. The van der Waals surface area contributed by atoms with Crippen LogP contribution in [0.1, 0.15) is 29.9 Å². The van der Waals surface area contributed by atoms with E-state index >= 15 is 0 Å². The van der Waals surface area contributed by atoms with Crippen LogP contribution in [0, 0.1) is 0 Å². The topological polar surface area (TPSA) is 62.3 Å². The molecule has 0 aliphatic carbocycles. The maximum atomic E-state index is 12.3. The van der Waals surface area contributed by atoms with Crippen LogP contribution in [0.2, 0.25) is 0 Å². The van der Waals surface area contributed by atoms with Crippen molar-refractivity contribution in [2.24, 2.45) is 0 Å². The minimum absolute atomic E-state index is 0.0281. The van der Waals surface area contributed by atoms with Crippen LogP contribution in [-0.4, -0.2) is 41.3 Å². The van der Waals surface area contributed by atoms with Gasteiger partial charge in [0.1, 0.15) is 0 Å². The SMILES string of the molecule is O=C(/C=C/c1cccnc1)NCC(=O)N1CCC(c2ccccc2)CC1. The molecule has 5 nitrogen and oxygen atoms in total. The van der Waals surface area contributed by atoms with Crippen molar-refractivity contribution in [1.82, 2.24) is 15.2 Å². The monoisotopic (exact) mass is 349 g/mol. The fourth-order valence-electron chi connectivity index (χ4n) is 3.17. The predicted molar refractivity (Wildman–Crippen MR) is 101 cm³/mol. The average molecular weight is 349 g/mol. The van der Waals surface area contributed by atoms with E-state index in [1.165, 1.54) is 11.6 Å². The van der Waals surface area contributed by atoms with E-state index in [2.05, 4.69) is 34.6 Å². The molecule has 0 atom stereocenters. The van der Waals surface area contributed by atoms with Gasteiger partial charge in [-0.05, 0) is 42.0 Å². The Bertz CT molecular complexity index is 751. The summed E-state index contributed by atoms with van der Waals surface area (Å²) in [4.78, 5) is 30.0. The zero-order valence-electron chi connectivity index (χ0n) is 14.7. The second-order valence-electron chi connectivity index (χ2n) is 6.40. The molecule has 134 valence electrons. The smallest absolute Gasteiger partial charge is 0.244 e. The number of amides is 2. The lowest BCUT2D eigenvalue weighted by Gasteiger charge is -2.32. The number of nitrogens with one attached hydrogen (secondary N) is 1. The molecule has 2 heterocycles. The third kappa shape index (κ3) is 5.02. The lowest BCUT2D eigenvalue weighted by atomic mass is 9.89. The third-order valence-corrected chi connectivity index (χ3v) is 4.64. The minimum Gasteiger partial charge on any atom is -0.343 e. The molecule has 2 amide bonds. The molecule has 26 heavy (non-hydrogen) atoms. The molecule has 0 saturated carbocycles. The normalized spacial score (nSPS) is 15.2. The molecule has 5 heteroatoms. The highest BCUT2D eigenvalue weighted by Crippen LogP contribution is 2.27. The van der Waals surface area contributed by atoms with E-state index in [0.29, 0.717) is 5.92 Å². The van der Waals surface area contributed by atoms with Gasteiger partial charge >= 0.3 is 0 Å². The van der Waals surface area contributed by atoms with Crippen LogP contribution in [0.4, 0.5) is 0 Å². The van der Waals surface area contributed by atoms with Gasteiger partial charge in [0, 0.05) is 31.6 Å². The quantitative estimate of drug-likeness (QED) is 0.844. The molecule has 3 rings (SSSR count). The molecular weight excluding hydrogens is 326 g/mol. The van der Waals surface area contributed by atoms with Crippen molar-refractivity contribution >= 4 is 17.9 Å². The molecule has 2 aromatic rings. The summed E-state index contributed by atoms with van der Waals surface area (Å²) in [6, 6.07) is 14.1. The summed E-state index contributed by atoms with van der Waals surface area (Å²) in [6.07, 6.45) is 8.38. The second-order valence-corrected chi connectivity index (χ2v) is 6.40. The van der Waals surface area contributed by atoms with Gasteiger partial charge in [0.25, 0.3) is 0 Å². The summed E-state index contributed by atoms with van der Waals surface area (Å²) < 4.78 is 0. The number of aromatic nitrogens is 1. The van der Waals surface area contributed by atoms with E-state index in [1.807, 2.05) is 17.0 Å². The van der Waals surface area contributed by atoms with E-state index in [1.54, 1.807) is 24.5 Å². The fraction of sp³-hybridized carbons (Fsp3) is 0.286. The molecule has 1 aromatic heterocycles. The number of nitrogens with zero attached hydrogens (tertiary/aromatic N) is 2. The first-order valence-electron chi connectivity index (χ1n) is 8.91. The van der Waals surface area contributed by atoms with Crippen LogP contribution < -0.4 is 5.32 Å². The van der Waals surface area contributed by atoms with Gasteiger partial charge in [0.05, 0.1) is 6.54 Å². The van der Waals surface area contributed by atoms with Crippen LogP contribution in [0.3, 0.4) is 0 Å². The Labute approximate surface area is 153 Å². The number of carbonyl (C=O) groups excluding carboxylic acids is 2. The molecular formula is C21H23N3O2. The van der Waals surface area contributed by atoms with Crippen LogP contribution in [0.5, 0.6) is 0 Å². The zero-order chi connectivity index (χ0) is 18.2. The molecule has 1 N–H and O–H groups in total. The van der Waals surface area contributed by atoms with Crippen molar-refractivity contribution in [3.8, 4) is 0 Å². The molecule has 0 spiro atoms. The van der Waals surface area contributed by atoms with Gasteiger partial charge in [-0.15, -0.1) is 0 Å². The van der Waals surface area contributed by atoms with Crippen LogP contribution in [0.15, 0.2) is 60.9 Å². The Kier molecular flexibility index (Phi) is 6.14. The number of pyridine rings is 1. The first-order valence-corrected chi connectivity index (χ1v) is 8.91. The average Bonchev–Trinajstić information content (AvgIpc) is 2.72. The molecule has 1 fully saturated rings. The van der Waals surface area contributed by atoms with Gasteiger partial charge in [0.2, 0.25) is 11.8 Å². The second kappa shape index (κ2) is 8.94. The van der Waals surface area contributed by atoms with Crippen LogP contribution in [-0.2, 0) is 9.59 Å². The number of carbonyl (C=O) groups is 2. The molecule has 1 aliphatic heterocycles. The molecule has 1 aliphatic rings. The summed E-state index contributed by atoms with van der Waals surface area (Å²) >= 11 is 0. The van der Waals surface area contributed by atoms with E-state index in [9.17, 15) is 9.59 Å². The van der Waals surface area contributed by atoms with Gasteiger partial charge < -0.3 is 10.2 Å². The maximum Gasteiger partial charge on any atom is 0.244 e. The van der Waals surface area contributed by atoms with E-state index in [4.69, 9.17) is 0 Å². The van der Waals surface area contributed by atoms with Gasteiger partial charge in [0.15, 0.2) is 0 Å². The lowest BCUT2D eigenvalue weighted by Crippen LogP contribution is -2.43. The highest BCUT2D eigenvalue weighted by Gasteiger charge is 2.23. The van der Waals surface area contributed by atoms with Crippen LogP contribution in [0.25, 0.3) is 6.08 Å².